The molecule has 3 aliphatic carbocycles. The zero-order chi connectivity index (χ0) is 25.7. The van der Waals surface area contributed by atoms with Crippen molar-refractivity contribution in [1.29, 1.82) is 0 Å². The van der Waals surface area contributed by atoms with Gasteiger partial charge in [0.25, 0.3) is 5.91 Å². The number of esters is 1. The van der Waals surface area contributed by atoms with Crippen LogP contribution in [0.2, 0.25) is 0 Å². The lowest BCUT2D eigenvalue weighted by atomic mass is 9.50. The maximum atomic E-state index is 13.5. The van der Waals surface area contributed by atoms with Crippen LogP contribution in [-0.2, 0) is 9.53 Å². The second-order valence-corrected chi connectivity index (χ2v) is 10.9. The second kappa shape index (κ2) is 8.98. The summed E-state index contributed by atoms with van der Waals surface area (Å²) in [7, 11) is 1.44. The normalized spacial score (nSPS) is 24.9. The number of hydrogen-bond acceptors (Lipinski definition) is 6. The number of ether oxygens (including phenoxy) is 1. The Kier molecular flexibility index (Phi) is 5.74. The van der Waals surface area contributed by atoms with Crippen LogP contribution in [0.15, 0.2) is 30.7 Å². The lowest BCUT2D eigenvalue weighted by Gasteiger charge is -2.56. The van der Waals surface area contributed by atoms with Crippen LogP contribution in [0, 0.1) is 23.2 Å². The van der Waals surface area contributed by atoms with Crippen LogP contribution >= 0.6 is 0 Å². The van der Waals surface area contributed by atoms with Crippen molar-refractivity contribution in [2.45, 2.75) is 70.4 Å². The molecule has 37 heavy (non-hydrogen) atoms. The number of benzene rings is 1. The van der Waals surface area contributed by atoms with Gasteiger partial charge in [-0.05, 0) is 81.4 Å². The molecule has 1 amide bonds. The zero-order valence-electron chi connectivity index (χ0n) is 21.5. The van der Waals surface area contributed by atoms with Gasteiger partial charge in [0.2, 0.25) is 0 Å². The Morgan fingerprint density at radius 3 is 2.51 bits per heavy atom. The molecule has 0 aliphatic heterocycles. The first kappa shape index (κ1) is 23.7. The van der Waals surface area contributed by atoms with Crippen LogP contribution in [0.5, 0.6) is 0 Å². The maximum Gasteiger partial charge on any atom is 0.308 e. The summed E-state index contributed by atoms with van der Waals surface area (Å²) in [6.45, 7) is 3.80. The Bertz CT molecular complexity index is 1430. The molecule has 3 saturated carbocycles. The summed E-state index contributed by atoms with van der Waals surface area (Å²) in [6, 6.07) is 3.58. The second-order valence-electron chi connectivity index (χ2n) is 10.9. The van der Waals surface area contributed by atoms with E-state index in [-0.39, 0.29) is 35.3 Å². The van der Waals surface area contributed by atoms with E-state index >= 15 is 0 Å². The van der Waals surface area contributed by atoms with Gasteiger partial charge in [0, 0.05) is 29.4 Å². The fraction of sp³-hybridized carbons (Fsp3) is 0.483. The molecule has 6 rings (SSSR count). The molecular weight excluding hydrogens is 466 g/mol. The van der Waals surface area contributed by atoms with Gasteiger partial charge in [-0.2, -0.15) is 5.10 Å². The van der Waals surface area contributed by atoms with E-state index in [1.807, 2.05) is 36.1 Å². The van der Waals surface area contributed by atoms with Gasteiger partial charge in [-0.3, -0.25) is 14.3 Å². The summed E-state index contributed by atoms with van der Waals surface area (Å²) in [5.41, 5.74) is 3.50. The molecule has 0 saturated heterocycles. The fourth-order valence-electron chi connectivity index (χ4n) is 6.19. The van der Waals surface area contributed by atoms with Crippen LogP contribution in [0.25, 0.3) is 10.9 Å². The van der Waals surface area contributed by atoms with Gasteiger partial charge >= 0.3 is 5.97 Å². The third-order valence-electron chi connectivity index (χ3n) is 8.33. The van der Waals surface area contributed by atoms with Gasteiger partial charge in [-0.1, -0.05) is 5.92 Å². The average Bonchev–Trinajstić information content (AvgIpc) is 3.62. The van der Waals surface area contributed by atoms with E-state index in [2.05, 4.69) is 32.2 Å². The molecule has 1 aromatic carbocycles. The van der Waals surface area contributed by atoms with E-state index in [9.17, 15) is 9.59 Å². The van der Waals surface area contributed by atoms with E-state index in [4.69, 9.17) is 4.74 Å². The summed E-state index contributed by atoms with van der Waals surface area (Å²) in [4.78, 5) is 34.5. The Labute approximate surface area is 216 Å². The Morgan fingerprint density at radius 1 is 1.14 bits per heavy atom. The van der Waals surface area contributed by atoms with Gasteiger partial charge in [0.05, 0.1) is 30.3 Å². The number of carbonyl (C=O) groups is 2. The van der Waals surface area contributed by atoms with Crippen LogP contribution < -0.4 is 5.32 Å². The van der Waals surface area contributed by atoms with Gasteiger partial charge in [-0.25, -0.2) is 9.97 Å². The molecule has 8 heteroatoms. The molecule has 0 radical (unpaired) electrons. The summed E-state index contributed by atoms with van der Waals surface area (Å²) in [5.74, 6) is 7.12. The molecule has 1 atom stereocenters. The summed E-state index contributed by atoms with van der Waals surface area (Å²) in [5, 5.41) is 8.72. The smallest absolute Gasteiger partial charge is 0.308 e. The molecular formula is C29H31N5O3. The Hall–Kier alpha value is -3.73. The van der Waals surface area contributed by atoms with Crippen molar-refractivity contribution in [3.63, 3.8) is 0 Å². The number of amides is 1. The number of nitrogens with zero attached hydrogens (tertiary/aromatic N) is 4. The highest BCUT2D eigenvalue weighted by Crippen LogP contribution is 2.59. The van der Waals surface area contributed by atoms with Crippen molar-refractivity contribution in [3.05, 3.63) is 53.2 Å². The minimum absolute atomic E-state index is 0.00453. The number of methoxy groups -OCH3 is 1. The first-order chi connectivity index (χ1) is 17.9. The van der Waals surface area contributed by atoms with E-state index in [0.717, 1.165) is 42.1 Å². The average molecular weight is 498 g/mol. The molecule has 0 unspecified atom stereocenters. The number of aromatic nitrogens is 4. The predicted molar refractivity (Wildman–Crippen MR) is 138 cm³/mol. The van der Waals surface area contributed by atoms with Gasteiger partial charge in [0.15, 0.2) is 5.82 Å². The highest BCUT2D eigenvalue weighted by atomic mass is 16.5. The third kappa shape index (κ3) is 4.16. The van der Waals surface area contributed by atoms with Crippen molar-refractivity contribution < 1.29 is 14.3 Å². The number of carbonyl (C=O) groups excluding carboxylic acids is 2. The molecule has 3 aromatic rings. The molecule has 190 valence electrons. The molecule has 3 fully saturated rings. The predicted octanol–water partition coefficient (Wildman–Crippen LogP) is 4.15. The standard InChI is InChI=1S/C29H31N5O3/c1-4-5-19-8-9-23(27(35)33-22-12-29(13-22)10-20(11-29)28(36)37-3)25-24(19)16-32-34(25)17(2)26-30-14-21(15-31-26)18-6-7-18/h8-9,14-18,20,22H,6-7,10-13H2,1-3H3,(H,33,35)/t17-,20?,22?,29?/m0/s1. The monoisotopic (exact) mass is 497 g/mol. The zero-order valence-corrected chi connectivity index (χ0v) is 21.5. The molecule has 2 aromatic heterocycles. The maximum absolute atomic E-state index is 13.5. The lowest BCUT2D eigenvalue weighted by Crippen LogP contribution is -2.57. The number of nitrogens with one attached hydrogen (secondary N) is 1. The highest BCUT2D eigenvalue weighted by Gasteiger charge is 2.55. The van der Waals surface area contributed by atoms with Crippen LogP contribution in [0.4, 0.5) is 0 Å². The fourth-order valence-corrected chi connectivity index (χ4v) is 6.19. The van der Waals surface area contributed by atoms with Crippen LogP contribution in [0.3, 0.4) is 0 Å². The Morgan fingerprint density at radius 2 is 1.86 bits per heavy atom. The molecule has 8 nitrogen and oxygen atoms in total. The van der Waals surface area contributed by atoms with Crippen molar-refractivity contribution in [2.75, 3.05) is 7.11 Å². The van der Waals surface area contributed by atoms with E-state index in [0.29, 0.717) is 17.3 Å². The van der Waals surface area contributed by atoms with E-state index in [1.165, 1.54) is 25.5 Å². The SMILES string of the molecule is CC#Cc1ccc(C(=O)NC2CC3(C2)CC(C(=O)OC)C3)c2c1cnn2[C@@H](C)c1ncc(C2CC2)cn1. The number of hydrogen-bond donors (Lipinski definition) is 1. The number of fused-ring (bicyclic) bond motifs is 1. The molecule has 0 bridgehead atoms. The van der Waals surface area contributed by atoms with Crippen molar-refractivity contribution >= 4 is 22.8 Å². The molecule has 3 aliphatic rings. The minimum atomic E-state index is -0.251. The Balaban J connectivity index is 1.24. The minimum Gasteiger partial charge on any atom is -0.469 e. The first-order valence-corrected chi connectivity index (χ1v) is 13.0. The van der Waals surface area contributed by atoms with Crippen LogP contribution in [-0.4, -0.2) is 44.8 Å². The molecule has 1 N–H and O–H groups in total. The van der Waals surface area contributed by atoms with Gasteiger partial charge in [0.1, 0.15) is 6.04 Å². The van der Waals surface area contributed by atoms with E-state index in [1.54, 1.807) is 13.1 Å². The number of rotatable bonds is 6. The van der Waals surface area contributed by atoms with E-state index < -0.39 is 0 Å². The third-order valence-corrected chi connectivity index (χ3v) is 8.33. The lowest BCUT2D eigenvalue weighted by molar-refractivity contribution is -0.159. The van der Waals surface area contributed by atoms with Crippen molar-refractivity contribution in [2.24, 2.45) is 11.3 Å². The van der Waals surface area contributed by atoms with Crippen molar-refractivity contribution in [1.82, 2.24) is 25.1 Å². The van der Waals surface area contributed by atoms with Gasteiger partial charge in [-0.15, -0.1) is 5.92 Å². The molecule has 2 heterocycles. The summed E-state index contributed by atoms with van der Waals surface area (Å²) in [6.07, 6.45) is 11.5. The largest absolute Gasteiger partial charge is 0.469 e. The van der Waals surface area contributed by atoms with Gasteiger partial charge < -0.3 is 10.1 Å². The topological polar surface area (TPSA) is 99.0 Å². The summed E-state index contributed by atoms with van der Waals surface area (Å²) < 4.78 is 6.71. The highest BCUT2D eigenvalue weighted by molar-refractivity contribution is 6.07. The van der Waals surface area contributed by atoms with Crippen molar-refractivity contribution in [3.8, 4) is 11.8 Å². The molecule has 1 spiro atoms. The quantitative estimate of drug-likeness (QED) is 0.406. The first-order valence-electron chi connectivity index (χ1n) is 13.0. The summed E-state index contributed by atoms with van der Waals surface area (Å²) >= 11 is 0. The van der Waals surface area contributed by atoms with Crippen LogP contribution in [0.1, 0.15) is 91.6 Å².